The van der Waals surface area contributed by atoms with Gasteiger partial charge in [-0.05, 0) is 80.1 Å². The van der Waals surface area contributed by atoms with Gasteiger partial charge in [-0.3, -0.25) is 34.4 Å². The number of rotatable bonds is 15. The van der Waals surface area contributed by atoms with Crippen molar-refractivity contribution in [3.05, 3.63) is 103 Å². The number of nitrogens with zero attached hydrogens (tertiary/aromatic N) is 5. The second kappa shape index (κ2) is 16.2. The van der Waals surface area contributed by atoms with Crippen LogP contribution >= 0.6 is 0 Å². The molecule has 0 radical (unpaired) electrons. The molecule has 14 heteroatoms. The Morgan fingerprint density at radius 3 is 2.29 bits per heavy atom. The number of amides is 4. The van der Waals surface area contributed by atoms with Gasteiger partial charge in [0.1, 0.15) is 29.7 Å². The van der Waals surface area contributed by atoms with Crippen molar-refractivity contribution in [2.45, 2.75) is 69.6 Å². The largest absolute Gasteiger partial charge is 0.494 e. The van der Waals surface area contributed by atoms with Crippen molar-refractivity contribution in [1.29, 1.82) is 0 Å². The molecule has 300 valence electrons. The van der Waals surface area contributed by atoms with Crippen molar-refractivity contribution in [2.24, 2.45) is 7.05 Å². The highest BCUT2D eigenvalue weighted by Crippen LogP contribution is 2.34. The fraction of sp³-hybridized carbons (Fsp3) is 0.311. The molecule has 2 aromatic carbocycles. The van der Waals surface area contributed by atoms with Crippen LogP contribution in [0.1, 0.15) is 72.1 Å². The quantitative estimate of drug-likeness (QED) is 0.0881. The molecule has 2 aliphatic heterocycles. The summed E-state index contributed by atoms with van der Waals surface area (Å²) < 4.78 is 26.3. The summed E-state index contributed by atoms with van der Waals surface area (Å²) in [5.74, 6) is 0.152. The highest BCUT2D eigenvalue weighted by Gasteiger charge is 2.44. The summed E-state index contributed by atoms with van der Waals surface area (Å²) in [4.78, 5) is 64.0. The van der Waals surface area contributed by atoms with E-state index in [0.717, 1.165) is 71.0 Å². The van der Waals surface area contributed by atoms with Crippen LogP contribution in [0.4, 0.5) is 0 Å². The average molecular weight is 795 g/mol. The van der Waals surface area contributed by atoms with Crippen LogP contribution in [0.25, 0.3) is 32.9 Å². The third kappa shape index (κ3) is 7.77. The first-order valence-electron chi connectivity index (χ1n) is 20.0. The number of carbonyl (C=O) groups excluding carboxylic acids is 4. The van der Waals surface area contributed by atoms with E-state index < -0.39 is 29.7 Å². The Balaban J connectivity index is 0.664. The van der Waals surface area contributed by atoms with Gasteiger partial charge >= 0.3 is 0 Å². The molecule has 1 saturated carbocycles. The number of hydrogen-bond acceptors (Lipinski definition) is 11. The zero-order valence-electron chi connectivity index (χ0n) is 32.5. The SMILES string of the molecule is Cn1c2ccncc2c2ccc(-c3ccc(OC4CC(Oc5ccnc(OCCCCCCOc6ccc7c(c6)C(=O)N(C6CCC(=O)NC6=O)C7=O)c5)C4)nc3)cc21. The number of piperidine rings is 1. The summed E-state index contributed by atoms with van der Waals surface area (Å²) in [6, 6.07) is 19.8. The average Bonchev–Trinajstić information content (AvgIpc) is 3.66. The number of aromatic nitrogens is 4. The van der Waals surface area contributed by atoms with Crippen molar-refractivity contribution in [2.75, 3.05) is 13.2 Å². The third-order valence-electron chi connectivity index (χ3n) is 11.2. The van der Waals surface area contributed by atoms with Gasteiger partial charge in [0.25, 0.3) is 11.8 Å². The Hall–Kier alpha value is -6.83. The smallest absolute Gasteiger partial charge is 0.262 e. The van der Waals surface area contributed by atoms with Gasteiger partial charge in [0, 0.05) is 85.1 Å². The molecular weight excluding hydrogens is 753 g/mol. The molecule has 6 aromatic rings. The number of benzene rings is 2. The van der Waals surface area contributed by atoms with Crippen LogP contribution < -0.4 is 24.3 Å². The molecule has 6 heterocycles. The second-order valence-electron chi connectivity index (χ2n) is 15.1. The Morgan fingerprint density at radius 1 is 0.678 bits per heavy atom. The molecule has 4 aromatic heterocycles. The number of nitrogens with one attached hydrogen (secondary N) is 1. The van der Waals surface area contributed by atoms with Gasteiger partial charge in [-0.2, -0.15) is 0 Å². The van der Waals surface area contributed by atoms with Crippen LogP contribution in [0.2, 0.25) is 0 Å². The summed E-state index contributed by atoms with van der Waals surface area (Å²) >= 11 is 0. The number of unbranched alkanes of at least 4 members (excludes halogenated alkanes) is 3. The molecule has 4 amide bonds. The maximum Gasteiger partial charge on any atom is 0.262 e. The molecule has 1 N–H and O–H groups in total. The van der Waals surface area contributed by atoms with Gasteiger partial charge in [0.2, 0.25) is 23.6 Å². The lowest BCUT2D eigenvalue weighted by Crippen LogP contribution is -2.54. The first-order chi connectivity index (χ1) is 28.8. The third-order valence-corrected chi connectivity index (χ3v) is 11.2. The van der Waals surface area contributed by atoms with Crippen LogP contribution in [0, 0.1) is 0 Å². The highest BCUT2D eigenvalue weighted by molar-refractivity contribution is 6.23. The van der Waals surface area contributed by atoms with Crippen LogP contribution in [0.3, 0.4) is 0 Å². The molecule has 59 heavy (non-hydrogen) atoms. The second-order valence-corrected chi connectivity index (χ2v) is 15.1. The number of fused-ring (bicyclic) bond motifs is 4. The van der Waals surface area contributed by atoms with Crippen LogP contribution in [-0.2, 0) is 16.6 Å². The number of carbonyl (C=O) groups is 4. The lowest BCUT2D eigenvalue weighted by atomic mass is 9.92. The zero-order chi connectivity index (χ0) is 40.5. The lowest BCUT2D eigenvalue weighted by Gasteiger charge is -2.35. The molecule has 0 bridgehead atoms. The Kier molecular flexibility index (Phi) is 10.4. The summed E-state index contributed by atoms with van der Waals surface area (Å²) in [7, 11) is 2.08. The standard InChI is InChI=1S/C45H42N6O8/c1-50-37-15-16-46-26-36(37)33-9-6-27(20-39(33)50)28-7-13-41(48-25-28)59-32-21-31(22-32)58-30-14-17-47-42(24-30)57-19-5-3-2-4-18-56-29-8-10-34-35(23-29)45(55)51(44(34)54)38-11-12-40(52)49-43(38)53/h6-10,13-17,20,23-26,31-32,38H,2-5,11-12,18-19,21-22H2,1H3,(H,49,52,53). The Labute approximate surface area is 339 Å². The van der Waals surface area contributed by atoms with E-state index in [1.165, 1.54) is 5.39 Å². The molecule has 2 fully saturated rings. The summed E-state index contributed by atoms with van der Waals surface area (Å²) in [5.41, 5.74) is 4.84. The number of aryl methyl sites for hydroxylation is 1. The van der Waals surface area contributed by atoms with Gasteiger partial charge in [-0.1, -0.05) is 12.1 Å². The number of hydrogen-bond donors (Lipinski definition) is 1. The molecule has 1 saturated heterocycles. The van der Waals surface area contributed by atoms with Gasteiger partial charge in [-0.25, -0.2) is 9.97 Å². The fourth-order valence-corrected chi connectivity index (χ4v) is 7.94. The van der Waals surface area contributed by atoms with E-state index in [0.29, 0.717) is 36.5 Å². The Bertz CT molecular complexity index is 2580. The molecule has 1 unspecified atom stereocenters. The van der Waals surface area contributed by atoms with Gasteiger partial charge in [0.15, 0.2) is 0 Å². The molecule has 3 aliphatic rings. The normalized spacial score (nSPS) is 18.8. The van der Waals surface area contributed by atoms with Crippen molar-refractivity contribution in [1.82, 2.24) is 29.7 Å². The first kappa shape index (κ1) is 37.7. The number of ether oxygens (including phenoxy) is 4. The van der Waals surface area contributed by atoms with Gasteiger partial charge in [0.05, 0.1) is 29.9 Å². The Morgan fingerprint density at radius 2 is 1.47 bits per heavy atom. The topological polar surface area (TPSA) is 164 Å². The van der Waals surface area contributed by atoms with Crippen LogP contribution in [0.5, 0.6) is 23.3 Å². The minimum Gasteiger partial charge on any atom is -0.494 e. The maximum atomic E-state index is 13.1. The zero-order valence-corrected chi connectivity index (χ0v) is 32.5. The minimum absolute atomic E-state index is 0.0307. The van der Waals surface area contributed by atoms with E-state index in [2.05, 4.69) is 50.1 Å². The molecule has 1 atom stereocenters. The molecule has 1 aliphatic carbocycles. The number of pyridine rings is 3. The predicted octanol–water partition coefficient (Wildman–Crippen LogP) is 6.59. The highest BCUT2D eigenvalue weighted by atomic mass is 16.5. The van der Waals surface area contributed by atoms with Crippen molar-refractivity contribution < 1.29 is 38.1 Å². The van der Waals surface area contributed by atoms with Crippen molar-refractivity contribution in [3.63, 3.8) is 0 Å². The predicted molar refractivity (Wildman–Crippen MR) is 216 cm³/mol. The minimum atomic E-state index is -0.999. The molecule has 14 nitrogen and oxygen atoms in total. The maximum absolute atomic E-state index is 13.1. The number of imide groups is 2. The van der Waals surface area contributed by atoms with E-state index >= 15 is 0 Å². The van der Waals surface area contributed by atoms with Crippen molar-refractivity contribution in [3.8, 4) is 34.4 Å². The summed E-state index contributed by atoms with van der Waals surface area (Å²) in [6.45, 7) is 0.959. The molecular formula is C45H42N6O8. The molecule has 9 rings (SSSR count). The molecule has 0 spiro atoms. The van der Waals surface area contributed by atoms with E-state index in [9.17, 15) is 19.2 Å². The summed E-state index contributed by atoms with van der Waals surface area (Å²) in [6.07, 6.45) is 12.5. The van der Waals surface area contributed by atoms with Gasteiger partial charge in [-0.15, -0.1) is 0 Å². The van der Waals surface area contributed by atoms with E-state index in [-0.39, 0.29) is 36.2 Å². The summed E-state index contributed by atoms with van der Waals surface area (Å²) in [5, 5.41) is 4.53. The van der Waals surface area contributed by atoms with Crippen LogP contribution in [0.15, 0.2) is 91.5 Å². The van der Waals surface area contributed by atoms with Gasteiger partial charge < -0.3 is 23.5 Å². The van der Waals surface area contributed by atoms with E-state index in [4.69, 9.17) is 18.9 Å². The van der Waals surface area contributed by atoms with E-state index in [1.807, 2.05) is 48.9 Å². The fourth-order valence-electron chi connectivity index (χ4n) is 7.94. The lowest BCUT2D eigenvalue weighted by molar-refractivity contribution is -0.136. The van der Waals surface area contributed by atoms with Crippen molar-refractivity contribution >= 4 is 45.4 Å². The van der Waals surface area contributed by atoms with E-state index in [1.54, 1.807) is 24.4 Å². The van der Waals surface area contributed by atoms with Crippen LogP contribution in [-0.4, -0.2) is 79.5 Å². The first-order valence-corrected chi connectivity index (χ1v) is 20.0. The monoisotopic (exact) mass is 794 g/mol.